The van der Waals surface area contributed by atoms with Gasteiger partial charge in [-0.1, -0.05) is 22.0 Å². The Hall–Kier alpha value is -2.03. The number of carbonyl (C=O) groups excluding carboxylic acids is 1. The number of benzene rings is 1. The van der Waals surface area contributed by atoms with E-state index in [2.05, 4.69) is 36.4 Å². The molecule has 132 valence electrons. The Bertz CT molecular complexity index is 1080. The lowest BCUT2D eigenvalue weighted by atomic mass is 9.89. The van der Waals surface area contributed by atoms with Crippen LogP contribution < -0.4 is 5.32 Å². The molecule has 1 amide bonds. The summed E-state index contributed by atoms with van der Waals surface area (Å²) in [5, 5.41) is 15.9. The maximum Gasteiger partial charge on any atom is 0.237 e. The highest BCUT2D eigenvalue weighted by Gasteiger charge is 2.33. The molecule has 0 saturated heterocycles. The Morgan fingerprint density at radius 1 is 1.27 bits per heavy atom. The summed E-state index contributed by atoms with van der Waals surface area (Å²) in [6.45, 7) is 3.75. The zero-order valence-electron chi connectivity index (χ0n) is 14.0. The zero-order chi connectivity index (χ0) is 18.3. The van der Waals surface area contributed by atoms with E-state index in [1.165, 1.54) is 0 Å². The van der Waals surface area contributed by atoms with E-state index in [0.29, 0.717) is 5.82 Å². The van der Waals surface area contributed by atoms with E-state index in [-0.39, 0.29) is 5.91 Å². The molecule has 0 spiro atoms. The first-order valence-corrected chi connectivity index (χ1v) is 10.5. The van der Waals surface area contributed by atoms with Gasteiger partial charge in [0.1, 0.15) is 5.01 Å². The number of hydrogen-bond donors (Lipinski definition) is 2. The third-order valence-corrected chi connectivity index (χ3v) is 6.58. The van der Waals surface area contributed by atoms with Gasteiger partial charge in [0, 0.05) is 15.2 Å². The summed E-state index contributed by atoms with van der Waals surface area (Å²) in [6.07, 6.45) is 0. The number of carbonyl (C=O) groups is 1. The molecule has 0 aliphatic rings. The van der Waals surface area contributed by atoms with Crippen molar-refractivity contribution >= 4 is 61.2 Å². The molecule has 2 N–H and O–H groups in total. The molecule has 4 aromatic rings. The summed E-state index contributed by atoms with van der Waals surface area (Å²) in [7, 11) is 0. The molecule has 0 fully saturated rings. The number of hydrogen-bond acceptors (Lipinski definition) is 5. The Balaban J connectivity index is 1.61. The van der Waals surface area contributed by atoms with Gasteiger partial charge in [-0.2, -0.15) is 5.10 Å². The summed E-state index contributed by atoms with van der Waals surface area (Å²) in [6, 6.07) is 9.81. The van der Waals surface area contributed by atoms with Crippen molar-refractivity contribution in [1.82, 2.24) is 15.2 Å². The molecule has 3 aromatic heterocycles. The van der Waals surface area contributed by atoms with Crippen molar-refractivity contribution in [2.24, 2.45) is 0 Å². The number of thiophene rings is 1. The molecule has 0 radical (unpaired) electrons. The van der Waals surface area contributed by atoms with Crippen molar-refractivity contribution in [3.8, 4) is 9.88 Å². The van der Waals surface area contributed by atoms with Gasteiger partial charge in [0.05, 0.1) is 21.5 Å². The van der Waals surface area contributed by atoms with Gasteiger partial charge >= 0.3 is 0 Å². The number of aromatic nitrogens is 3. The highest BCUT2D eigenvalue weighted by molar-refractivity contribution is 9.10. The second-order valence-corrected chi connectivity index (χ2v) is 9.08. The van der Waals surface area contributed by atoms with Crippen molar-refractivity contribution in [2.45, 2.75) is 19.3 Å². The smallest absolute Gasteiger partial charge is 0.237 e. The number of aromatic amines is 1. The molecule has 0 aliphatic carbocycles. The maximum atomic E-state index is 12.9. The minimum Gasteiger partial charge on any atom is -0.308 e. The summed E-state index contributed by atoms with van der Waals surface area (Å²) in [4.78, 5) is 18.7. The van der Waals surface area contributed by atoms with E-state index in [1.807, 2.05) is 54.9 Å². The Labute approximate surface area is 166 Å². The van der Waals surface area contributed by atoms with Gasteiger partial charge in [-0.15, -0.1) is 22.7 Å². The molecule has 26 heavy (non-hydrogen) atoms. The molecule has 0 bridgehead atoms. The average Bonchev–Trinajstić information content (AvgIpc) is 3.35. The van der Waals surface area contributed by atoms with Crippen LogP contribution in [0.3, 0.4) is 0 Å². The fourth-order valence-electron chi connectivity index (χ4n) is 2.54. The van der Waals surface area contributed by atoms with Crippen LogP contribution in [0.4, 0.5) is 5.82 Å². The van der Waals surface area contributed by atoms with Crippen molar-refractivity contribution in [3.63, 3.8) is 0 Å². The normalized spacial score (nSPS) is 11.8. The predicted octanol–water partition coefficient (Wildman–Crippen LogP) is 5.43. The zero-order valence-corrected chi connectivity index (χ0v) is 17.3. The van der Waals surface area contributed by atoms with Crippen LogP contribution in [0.1, 0.15) is 19.5 Å². The summed E-state index contributed by atoms with van der Waals surface area (Å²) < 4.78 is 0.932. The number of thiazole rings is 1. The van der Waals surface area contributed by atoms with Gasteiger partial charge in [-0.25, -0.2) is 4.98 Å². The second kappa shape index (κ2) is 6.61. The standard InChI is InChI=1S/C18H15BrN4OS2/c1-18(2,14-9-26-16(20-14)13-4-3-7-25-13)17(24)21-15-11-8-10(19)5-6-12(11)22-23-15/h3-9H,1-2H3,(H2,21,22,23,24). The monoisotopic (exact) mass is 446 g/mol. The number of fused-ring (bicyclic) bond motifs is 1. The number of nitrogens with zero attached hydrogens (tertiary/aromatic N) is 2. The summed E-state index contributed by atoms with van der Waals surface area (Å²) in [5.74, 6) is 0.377. The highest BCUT2D eigenvalue weighted by atomic mass is 79.9. The van der Waals surface area contributed by atoms with Crippen LogP contribution in [0.2, 0.25) is 0 Å². The Morgan fingerprint density at radius 2 is 2.12 bits per heavy atom. The lowest BCUT2D eigenvalue weighted by molar-refractivity contribution is -0.120. The van der Waals surface area contributed by atoms with Gasteiger partial charge in [-0.3, -0.25) is 9.89 Å². The minimum absolute atomic E-state index is 0.145. The van der Waals surface area contributed by atoms with E-state index in [0.717, 1.165) is 31.0 Å². The second-order valence-electron chi connectivity index (χ2n) is 6.36. The largest absolute Gasteiger partial charge is 0.308 e. The third-order valence-electron chi connectivity index (χ3n) is 4.20. The first-order valence-electron chi connectivity index (χ1n) is 7.90. The predicted molar refractivity (Wildman–Crippen MR) is 111 cm³/mol. The Morgan fingerprint density at radius 3 is 2.88 bits per heavy atom. The molecule has 0 unspecified atom stereocenters. The van der Waals surface area contributed by atoms with Gasteiger partial charge in [-0.05, 0) is 43.5 Å². The molecule has 8 heteroatoms. The van der Waals surface area contributed by atoms with E-state index < -0.39 is 5.41 Å². The van der Waals surface area contributed by atoms with Gasteiger partial charge in [0.25, 0.3) is 0 Å². The van der Waals surface area contributed by atoms with Gasteiger partial charge in [0.2, 0.25) is 5.91 Å². The number of rotatable bonds is 4. The van der Waals surface area contributed by atoms with Crippen LogP contribution >= 0.6 is 38.6 Å². The lowest BCUT2D eigenvalue weighted by Crippen LogP contribution is -2.35. The van der Waals surface area contributed by atoms with Crippen molar-refractivity contribution in [2.75, 3.05) is 5.32 Å². The molecule has 0 atom stereocenters. The number of halogens is 1. The van der Waals surface area contributed by atoms with E-state index in [1.54, 1.807) is 22.7 Å². The molecule has 1 aromatic carbocycles. The van der Waals surface area contributed by atoms with E-state index in [9.17, 15) is 4.79 Å². The fraction of sp³-hybridized carbons (Fsp3) is 0.167. The van der Waals surface area contributed by atoms with Gasteiger partial charge in [0.15, 0.2) is 5.82 Å². The van der Waals surface area contributed by atoms with E-state index in [4.69, 9.17) is 0 Å². The SMILES string of the molecule is CC(C)(C(=O)Nc1n[nH]c2ccc(Br)cc12)c1csc(-c2cccs2)n1. The number of amides is 1. The van der Waals surface area contributed by atoms with Crippen molar-refractivity contribution < 1.29 is 4.79 Å². The van der Waals surface area contributed by atoms with Gasteiger partial charge < -0.3 is 5.32 Å². The molecule has 3 heterocycles. The molecule has 5 nitrogen and oxygen atoms in total. The molecule has 0 aliphatic heterocycles. The summed E-state index contributed by atoms with van der Waals surface area (Å²) in [5.41, 5.74) is 0.850. The van der Waals surface area contributed by atoms with Crippen LogP contribution in [0.5, 0.6) is 0 Å². The topological polar surface area (TPSA) is 70.7 Å². The quantitative estimate of drug-likeness (QED) is 0.439. The third kappa shape index (κ3) is 3.08. The number of anilines is 1. The number of nitrogens with one attached hydrogen (secondary N) is 2. The average molecular weight is 447 g/mol. The Kier molecular flexibility index (Phi) is 4.42. The number of H-pyrrole nitrogens is 1. The molecule has 0 saturated carbocycles. The van der Waals surface area contributed by atoms with Crippen LogP contribution in [0.25, 0.3) is 20.8 Å². The van der Waals surface area contributed by atoms with Crippen LogP contribution in [0.15, 0.2) is 45.6 Å². The maximum absolute atomic E-state index is 12.9. The fourth-order valence-corrected chi connectivity index (χ4v) is 4.70. The van der Waals surface area contributed by atoms with E-state index >= 15 is 0 Å². The molecular weight excluding hydrogens is 432 g/mol. The van der Waals surface area contributed by atoms with Crippen molar-refractivity contribution in [1.29, 1.82) is 0 Å². The minimum atomic E-state index is -0.775. The first-order chi connectivity index (χ1) is 12.4. The highest BCUT2D eigenvalue weighted by Crippen LogP contribution is 2.33. The molecular formula is C18H15BrN4OS2. The summed E-state index contributed by atoms with van der Waals surface area (Å²) >= 11 is 6.65. The van der Waals surface area contributed by atoms with Crippen LogP contribution in [0, 0.1) is 0 Å². The van der Waals surface area contributed by atoms with Crippen LogP contribution in [-0.4, -0.2) is 21.1 Å². The first kappa shape index (κ1) is 17.4. The van der Waals surface area contributed by atoms with Crippen molar-refractivity contribution in [3.05, 3.63) is 51.3 Å². The lowest BCUT2D eigenvalue weighted by Gasteiger charge is -2.20. The molecule has 4 rings (SSSR count). The van der Waals surface area contributed by atoms with Crippen LogP contribution in [-0.2, 0) is 10.2 Å².